The Kier molecular flexibility index (Phi) is 3.38. The van der Waals surface area contributed by atoms with Gasteiger partial charge in [0.15, 0.2) is 0 Å². The predicted octanol–water partition coefficient (Wildman–Crippen LogP) is 4.49. The lowest BCUT2D eigenvalue weighted by molar-refractivity contribution is -0.137. The number of carbonyl (C=O) groups excluding carboxylic acids is 1. The minimum Gasteiger partial charge on any atom is -0.426 e. The average Bonchev–Trinajstić information content (AvgIpc) is 3.36. The van der Waals surface area contributed by atoms with Crippen molar-refractivity contribution in [1.29, 1.82) is 0 Å². The summed E-state index contributed by atoms with van der Waals surface area (Å²) in [6.07, 6.45) is 5.24. The number of pyridine rings is 1. The summed E-state index contributed by atoms with van der Waals surface area (Å²) in [6, 6.07) is 13.9. The summed E-state index contributed by atoms with van der Waals surface area (Å²) in [4.78, 5) is 16.9. The van der Waals surface area contributed by atoms with E-state index in [0.717, 1.165) is 29.2 Å². The maximum atomic E-state index is 12.8. The predicted molar refractivity (Wildman–Crippen MR) is 94.2 cm³/mol. The van der Waals surface area contributed by atoms with E-state index in [0.29, 0.717) is 5.75 Å². The Balaban J connectivity index is 1.63. The molecular weight excluding hydrogens is 298 g/mol. The zero-order chi connectivity index (χ0) is 16.7. The molecule has 1 fully saturated rings. The first-order chi connectivity index (χ1) is 11.6. The Morgan fingerprint density at radius 3 is 2.46 bits per heavy atom. The lowest BCUT2D eigenvalue weighted by atomic mass is 9.93. The molecule has 2 aromatic carbocycles. The van der Waals surface area contributed by atoms with Gasteiger partial charge in [-0.05, 0) is 55.8 Å². The number of nitrogens with zero attached hydrogens (tertiary/aromatic N) is 1. The number of rotatable bonds is 3. The van der Waals surface area contributed by atoms with Gasteiger partial charge in [0.25, 0.3) is 0 Å². The molecule has 0 aliphatic heterocycles. The quantitative estimate of drug-likeness (QED) is 0.528. The number of carbonyl (C=O) groups is 1. The fourth-order valence-corrected chi connectivity index (χ4v) is 3.32. The van der Waals surface area contributed by atoms with Crippen LogP contribution in [0.1, 0.15) is 29.5 Å². The van der Waals surface area contributed by atoms with Crippen molar-refractivity contribution in [1.82, 2.24) is 4.98 Å². The number of hydrogen-bond acceptors (Lipinski definition) is 3. The number of fused-ring (bicyclic) bond motifs is 1. The van der Waals surface area contributed by atoms with Crippen LogP contribution in [-0.4, -0.2) is 11.0 Å². The molecule has 1 aromatic heterocycles. The van der Waals surface area contributed by atoms with Crippen LogP contribution in [0.2, 0.25) is 0 Å². The highest BCUT2D eigenvalue weighted by Gasteiger charge is 2.53. The second-order valence-corrected chi connectivity index (χ2v) is 6.73. The second-order valence-electron chi connectivity index (χ2n) is 6.73. The fraction of sp³-hybridized carbons (Fsp3) is 0.238. The van der Waals surface area contributed by atoms with E-state index in [1.807, 2.05) is 24.3 Å². The van der Waals surface area contributed by atoms with Crippen molar-refractivity contribution in [3.63, 3.8) is 0 Å². The first-order valence-electron chi connectivity index (χ1n) is 8.22. The van der Waals surface area contributed by atoms with Crippen LogP contribution in [0.3, 0.4) is 0 Å². The molecule has 0 bridgehead atoms. The van der Waals surface area contributed by atoms with Crippen LogP contribution in [0.4, 0.5) is 0 Å². The number of hydrogen-bond donors (Lipinski definition) is 0. The van der Waals surface area contributed by atoms with Crippen LogP contribution in [0.5, 0.6) is 5.75 Å². The lowest BCUT2D eigenvalue weighted by Crippen LogP contribution is -2.26. The topological polar surface area (TPSA) is 39.2 Å². The molecule has 0 spiro atoms. The van der Waals surface area contributed by atoms with Crippen LogP contribution >= 0.6 is 0 Å². The number of esters is 1. The van der Waals surface area contributed by atoms with E-state index >= 15 is 0 Å². The smallest absolute Gasteiger partial charge is 0.321 e. The minimum atomic E-state index is -0.472. The Hall–Kier alpha value is -2.68. The van der Waals surface area contributed by atoms with E-state index in [1.165, 1.54) is 11.1 Å². The van der Waals surface area contributed by atoms with Crippen molar-refractivity contribution >= 4 is 16.7 Å². The van der Waals surface area contributed by atoms with E-state index in [9.17, 15) is 4.79 Å². The monoisotopic (exact) mass is 317 g/mol. The van der Waals surface area contributed by atoms with Crippen LogP contribution in [-0.2, 0) is 10.2 Å². The number of aromatic nitrogens is 1. The van der Waals surface area contributed by atoms with E-state index in [-0.39, 0.29) is 5.97 Å². The number of ether oxygens (including phenoxy) is 1. The van der Waals surface area contributed by atoms with E-state index in [1.54, 1.807) is 12.4 Å². The first kappa shape index (κ1) is 14.9. The van der Waals surface area contributed by atoms with Gasteiger partial charge >= 0.3 is 5.97 Å². The lowest BCUT2D eigenvalue weighted by Gasteiger charge is -2.16. The van der Waals surface area contributed by atoms with Crippen LogP contribution < -0.4 is 4.74 Å². The molecule has 1 aliphatic carbocycles. The van der Waals surface area contributed by atoms with Crippen molar-refractivity contribution < 1.29 is 9.53 Å². The highest BCUT2D eigenvalue weighted by Crippen LogP contribution is 2.49. The standard InChI is InChI=1S/C21H19NO2/c1-14-9-15(2)11-18(10-14)21(6-7-21)20(23)24-19-4-3-16-5-8-22-13-17(16)12-19/h3-5,8-13H,6-7H2,1-2H3. The van der Waals surface area contributed by atoms with Crippen molar-refractivity contribution in [2.45, 2.75) is 32.1 Å². The Labute approximate surface area is 141 Å². The van der Waals surface area contributed by atoms with Gasteiger partial charge < -0.3 is 4.74 Å². The minimum absolute atomic E-state index is 0.157. The SMILES string of the molecule is Cc1cc(C)cc(C2(C(=O)Oc3ccc4ccncc4c3)CC2)c1. The summed E-state index contributed by atoms with van der Waals surface area (Å²) in [5.74, 6) is 0.423. The average molecular weight is 317 g/mol. The van der Waals surface area contributed by atoms with Crippen molar-refractivity contribution in [3.8, 4) is 5.75 Å². The highest BCUT2D eigenvalue weighted by molar-refractivity contribution is 5.89. The molecule has 0 unspecified atom stereocenters. The first-order valence-corrected chi connectivity index (χ1v) is 8.22. The Morgan fingerprint density at radius 1 is 1.00 bits per heavy atom. The molecule has 0 atom stereocenters. The zero-order valence-electron chi connectivity index (χ0n) is 13.9. The van der Waals surface area contributed by atoms with E-state index in [4.69, 9.17) is 4.74 Å². The molecule has 3 nitrogen and oxygen atoms in total. The van der Waals surface area contributed by atoms with Gasteiger partial charge in [-0.15, -0.1) is 0 Å². The van der Waals surface area contributed by atoms with Crippen molar-refractivity contribution in [2.24, 2.45) is 0 Å². The summed E-state index contributed by atoms with van der Waals surface area (Å²) in [7, 11) is 0. The maximum absolute atomic E-state index is 12.8. The van der Waals surface area contributed by atoms with Gasteiger partial charge in [-0.3, -0.25) is 9.78 Å². The third kappa shape index (κ3) is 2.56. The largest absolute Gasteiger partial charge is 0.426 e. The highest BCUT2D eigenvalue weighted by atomic mass is 16.5. The third-order valence-electron chi connectivity index (χ3n) is 4.74. The molecule has 24 heavy (non-hydrogen) atoms. The number of aryl methyl sites for hydroxylation is 2. The van der Waals surface area contributed by atoms with Gasteiger partial charge in [0.2, 0.25) is 0 Å². The van der Waals surface area contributed by atoms with Gasteiger partial charge in [-0.2, -0.15) is 0 Å². The molecule has 3 heteroatoms. The summed E-state index contributed by atoms with van der Waals surface area (Å²) in [5.41, 5.74) is 2.97. The third-order valence-corrected chi connectivity index (χ3v) is 4.74. The molecule has 0 amide bonds. The molecule has 1 heterocycles. The Morgan fingerprint density at radius 2 is 1.75 bits per heavy atom. The number of benzene rings is 2. The molecule has 3 aromatic rings. The molecule has 0 N–H and O–H groups in total. The Bertz CT molecular complexity index is 921. The van der Waals surface area contributed by atoms with Crippen LogP contribution in [0.25, 0.3) is 10.8 Å². The van der Waals surface area contributed by atoms with Crippen LogP contribution in [0.15, 0.2) is 54.9 Å². The van der Waals surface area contributed by atoms with Crippen molar-refractivity contribution in [3.05, 3.63) is 71.5 Å². The molecule has 120 valence electrons. The molecule has 1 aliphatic rings. The van der Waals surface area contributed by atoms with Crippen LogP contribution in [0, 0.1) is 13.8 Å². The van der Waals surface area contributed by atoms with Crippen molar-refractivity contribution in [2.75, 3.05) is 0 Å². The normalized spacial score (nSPS) is 15.2. The molecular formula is C21H19NO2. The summed E-state index contributed by atoms with van der Waals surface area (Å²) < 4.78 is 5.72. The molecule has 1 saturated carbocycles. The molecule has 4 rings (SSSR count). The van der Waals surface area contributed by atoms with Gasteiger partial charge in [-0.1, -0.05) is 35.4 Å². The summed E-state index contributed by atoms with van der Waals surface area (Å²) in [6.45, 7) is 4.13. The van der Waals surface area contributed by atoms with Gasteiger partial charge in [0.1, 0.15) is 5.75 Å². The maximum Gasteiger partial charge on any atom is 0.321 e. The summed E-state index contributed by atoms with van der Waals surface area (Å²) in [5, 5.41) is 2.05. The fourth-order valence-electron chi connectivity index (χ4n) is 3.32. The van der Waals surface area contributed by atoms with E-state index < -0.39 is 5.41 Å². The zero-order valence-corrected chi connectivity index (χ0v) is 13.9. The van der Waals surface area contributed by atoms with E-state index in [2.05, 4.69) is 37.0 Å². The molecule has 0 radical (unpaired) electrons. The van der Waals surface area contributed by atoms with Gasteiger partial charge in [0, 0.05) is 17.8 Å². The summed E-state index contributed by atoms with van der Waals surface area (Å²) >= 11 is 0. The molecule has 0 saturated heterocycles. The second kappa shape index (κ2) is 5.45. The van der Waals surface area contributed by atoms with Gasteiger partial charge in [-0.25, -0.2) is 0 Å². The van der Waals surface area contributed by atoms with Gasteiger partial charge in [0.05, 0.1) is 5.41 Å².